The van der Waals surface area contributed by atoms with Crippen LogP contribution in [-0.2, 0) is 17.8 Å². The van der Waals surface area contributed by atoms with E-state index in [4.69, 9.17) is 4.74 Å². The minimum atomic E-state index is -0.323. The summed E-state index contributed by atoms with van der Waals surface area (Å²) in [5.74, 6) is 1.01. The van der Waals surface area contributed by atoms with Crippen molar-refractivity contribution in [2.45, 2.75) is 57.6 Å². The van der Waals surface area contributed by atoms with E-state index in [0.29, 0.717) is 23.7 Å². The Morgan fingerprint density at radius 1 is 1.03 bits per heavy atom. The van der Waals surface area contributed by atoms with Crippen molar-refractivity contribution < 1.29 is 9.53 Å². The molecule has 3 aromatic rings. The van der Waals surface area contributed by atoms with Gasteiger partial charge in [0, 0.05) is 24.4 Å². The molecule has 32 heavy (non-hydrogen) atoms. The highest BCUT2D eigenvalue weighted by Gasteiger charge is 2.16. The number of aryl methyl sites for hydroxylation is 1. The second kappa shape index (κ2) is 10.7. The van der Waals surface area contributed by atoms with Crippen molar-refractivity contribution in [2.75, 3.05) is 0 Å². The van der Waals surface area contributed by atoms with Gasteiger partial charge in [0.15, 0.2) is 5.82 Å². The first-order valence-corrected chi connectivity index (χ1v) is 11.2. The Bertz CT molecular complexity index is 1090. The Labute approximate surface area is 187 Å². The zero-order valence-corrected chi connectivity index (χ0v) is 18.0. The fourth-order valence-corrected chi connectivity index (χ4v) is 3.91. The number of carbonyl (C=O) groups is 1. The molecule has 0 spiro atoms. The Morgan fingerprint density at radius 3 is 2.62 bits per heavy atom. The quantitative estimate of drug-likeness (QED) is 0.564. The predicted octanol–water partition coefficient (Wildman–Crippen LogP) is 3.79. The fraction of sp³-hybridized carbons (Fsp3) is 0.360. The molecule has 0 bridgehead atoms. The summed E-state index contributed by atoms with van der Waals surface area (Å²) in [5.41, 5.74) is 1.73. The van der Waals surface area contributed by atoms with Gasteiger partial charge in [0.05, 0.1) is 0 Å². The van der Waals surface area contributed by atoms with Crippen LogP contribution in [0.4, 0.5) is 0 Å². The lowest BCUT2D eigenvalue weighted by Crippen LogP contribution is -2.36. The van der Waals surface area contributed by atoms with Crippen molar-refractivity contribution in [3.8, 4) is 17.1 Å². The maximum absolute atomic E-state index is 12.5. The van der Waals surface area contributed by atoms with Crippen LogP contribution in [0.2, 0.25) is 0 Å². The highest BCUT2D eigenvalue weighted by molar-refractivity contribution is 5.76. The van der Waals surface area contributed by atoms with Crippen LogP contribution < -0.4 is 15.6 Å². The first kappa shape index (κ1) is 21.7. The molecular weight excluding hydrogens is 404 g/mol. The number of aromatic nitrogens is 3. The average Bonchev–Trinajstić information content (AvgIpc) is 2.83. The monoisotopic (exact) mass is 432 g/mol. The van der Waals surface area contributed by atoms with Gasteiger partial charge >= 0.3 is 0 Å². The lowest BCUT2D eigenvalue weighted by molar-refractivity contribution is -0.122. The van der Waals surface area contributed by atoms with E-state index in [9.17, 15) is 9.59 Å². The summed E-state index contributed by atoms with van der Waals surface area (Å²) >= 11 is 0. The standard InChI is InChI=1S/C25H28N4O3/c30-23(26-20-11-5-2-6-12-20)15-14-22-25(31)27-24(29-28-22)19-10-7-13-21(16-19)32-17-18-8-3-1-4-9-18/h1,3-4,7-10,13,16,20H,2,5-6,11-12,14-15,17H2,(H,26,30)(H,27,29,31). The summed E-state index contributed by atoms with van der Waals surface area (Å²) in [4.78, 5) is 27.5. The smallest absolute Gasteiger partial charge is 0.273 e. The van der Waals surface area contributed by atoms with Crippen LogP contribution in [0.3, 0.4) is 0 Å². The lowest BCUT2D eigenvalue weighted by Gasteiger charge is -2.22. The topological polar surface area (TPSA) is 97.0 Å². The fourth-order valence-electron chi connectivity index (χ4n) is 3.91. The van der Waals surface area contributed by atoms with Crippen LogP contribution in [0.1, 0.15) is 49.8 Å². The molecule has 4 rings (SSSR count). The van der Waals surface area contributed by atoms with E-state index < -0.39 is 0 Å². The van der Waals surface area contributed by atoms with Gasteiger partial charge in [0.2, 0.25) is 5.91 Å². The summed E-state index contributed by atoms with van der Waals surface area (Å²) in [6, 6.07) is 17.5. The molecule has 1 heterocycles. The van der Waals surface area contributed by atoms with Gasteiger partial charge < -0.3 is 15.0 Å². The zero-order chi connectivity index (χ0) is 22.2. The summed E-state index contributed by atoms with van der Waals surface area (Å²) in [6.07, 6.45) is 6.14. The molecule has 1 aliphatic rings. The molecule has 2 N–H and O–H groups in total. The first-order chi connectivity index (χ1) is 15.7. The van der Waals surface area contributed by atoms with Crippen molar-refractivity contribution in [2.24, 2.45) is 0 Å². The number of ether oxygens (including phenoxy) is 1. The Kier molecular flexibility index (Phi) is 7.27. The molecule has 1 aliphatic carbocycles. The van der Waals surface area contributed by atoms with Crippen LogP contribution in [-0.4, -0.2) is 27.1 Å². The molecule has 7 heteroatoms. The normalized spacial score (nSPS) is 14.1. The van der Waals surface area contributed by atoms with E-state index in [1.807, 2.05) is 54.6 Å². The molecular formula is C25H28N4O3. The molecule has 0 atom stereocenters. The molecule has 1 saturated carbocycles. The van der Waals surface area contributed by atoms with E-state index in [2.05, 4.69) is 20.5 Å². The van der Waals surface area contributed by atoms with Gasteiger partial charge in [0.25, 0.3) is 5.56 Å². The van der Waals surface area contributed by atoms with E-state index >= 15 is 0 Å². The molecule has 1 aromatic heterocycles. The van der Waals surface area contributed by atoms with Crippen LogP contribution in [0.15, 0.2) is 59.4 Å². The summed E-state index contributed by atoms with van der Waals surface area (Å²) < 4.78 is 5.85. The lowest BCUT2D eigenvalue weighted by atomic mass is 9.95. The van der Waals surface area contributed by atoms with Crippen molar-refractivity contribution in [3.05, 3.63) is 76.2 Å². The maximum Gasteiger partial charge on any atom is 0.273 e. The van der Waals surface area contributed by atoms with Gasteiger partial charge in [-0.25, -0.2) is 0 Å². The third kappa shape index (κ3) is 6.03. The third-order valence-electron chi connectivity index (χ3n) is 5.68. The number of hydrogen-bond donors (Lipinski definition) is 2. The molecule has 1 fully saturated rings. The predicted molar refractivity (Wildman–Crippen MR) is 122 cm³/mol. The number of nitrogens with one attached hydrogen (secondary N) is 2. The highest BCUT2D eigenvalue weighted by atomic mass is 16.5. The number of carbonyl (C=O) groups excluding carboxylic acids is 1. The minimum Gasteiger partial charge on any atom is -0.489 e. The van der Waals surface area contributed by atoms with Gasteiger partial charge in [-0.2, -0.15) is 0 Å². The van der Waals surface area contributed by atoms with E-state index in [-0.39, 0.29) is 36.0 Å². The van der Waals surface area contributed by atoms with Gasteiger partial charge in [-0.05, 0) is 30.5 Å². The Hall–Kier alpha value is -3.48. The largest absolute Gasteiger partial charge is 0.489 e. The number of H-pyrrole nitrogens is 1. The molecule has 7 nitrogen and oxygen atoms in total. The summed E-state index contributed by atoms with van der Waals surface area (Å²) in [7, 11) is 0. The number of aromatic amines is 1. The molecule has 0 aliphatic heterocycles. The average molecular weight is 433 g/mol. The second-order valence-electron chi connectivity index (χ2n) is 8.15. The van der Waals surface area contributed by atoms with Gasteiger partial charge in [-0.3, -0.25) is 9.59 Å². The number of hydrogen-bond acceptors (Lipinski definition) is 5. The van der Waals surface area contributed by atoms with Gasteiger partial charge in [-0.1, -0.05) is 61.7 Å². The van der Waals surface area contributed by atoms with Crippen molar-refractivity contribution in [1.29, 1.82) is 0 Å². The molecule has 1 amide bonds. The number of benzene rings is 2. The molecule has 2 aromatic carbocycles. The SMILES string of the molecule is O=C(CCc1nnc(-c2cccc(OCc3ccccc3)c2)[nH]c1=O)NC1CCCCC1. The van der Waals surface area contributed by atoms with Crippen LogP contribution in [0.5, 0.6) is 5.75 Å². The zero-order valence-electron chi connectivity index (χ0n) is 18.0. The number of nitrogens with zero attached hydrogens (tertiary/aromatic N) is 2. The molecule has 0 saturated heterocycles. The van der Waals surface area contributed by atoms with Crippen LogP contribution >= 0.6 is 0 Å². The van der Waals surface area contributed by atoms with Crippen molar-refractivity contribution in [3.63, 3.8) is 0 Å². The second-order valence-corrected chi connectivity index (χ2v) is 8.15. The summed E-state index contributed by atoms with van der Waals surface area (Å²) in [6.45, 7) is 0.453. The number of rotatable bonds is 8. The van der Waals surface area contributed by atoms with Crippen molar-refractivity contribution >= 4 is 5.91 Å². The van der Waals surface area contributed by atoms with Gasteiger partial charge in [0.1, 0.15) is 18.1 Å². The van der Waals surface area contributed by atoms with E-state index in [0.717, 1.165) is 31.2 Å². The summed E-state index contributed by atoms with van der Waals surface area (Å²) in [5, 5.41) is 11.3. The van der Waals surface area contributed by atoms with E-state index in [1.165, 1.54) is 6.42 Å². The van der Waals surface area contributed by atoms with Gasteiger partial charge in [-0.15, -0.1) is 10.2 Å². The molecule has 0 radical (unpaired) electrons. The third-order valence-corrected chi connectivity index (χ3v) is 5.68. The molecule has 0 unspecified atom stereocenters. The maximum atomic E-state index is 12.5. The minimum absolute atomic E-state index is 0.0366. The van der Waals surface area contributed by atoms with E-state index in [1.54, 1.807) is 0 Å². The van der Waals surface area contributed by atoms with Crippen molar-refractivity contribution in [1.82, 2.24) is 20.5 Å². The van der Waals surface area contributed by atoms with Crippen LogP contribution in [0, 0.1) is 0 Å². The Balaban J connectivity index is 1.35. The first-order valence-electron chi connectivity index (χ1n) is 11.2. The number of amides is 1. The Morgan fingerprint density at radius 2 is 1.84 bits per heavy atom. The highest BCUT2D eigenvalue weighted by Crippen LogP contribution is 2.21. The van der Waals surface area contributed by atoms with Crippen LogP contribution in [0.25, 0.3) is 11.4 Å². The molecule has 166 valence electrons.